The largest absolute Gasteiger partial charge is 0.453 e. The van der Waals surface area contributed by atoms with E-state index in [1.165, 1.54) is 24.3 Å². The smallest absolute Gasteiger partial charge is 0.201 e. The Morgan fingerprint density at radius 2 is 1.65 bits per heavy atom. The number of halogens is 2. The second-order valence-corrected chi connectivity index (χ2v) is 3.26. The molecule has 0 saturated heterocycles. The van der Waals surface area contributed by atoms with Crippen LogP contribution in [-0.4, -0.2) is 0 Å². The maximum absolute atomic E-state index is 13.3. The summed E-state index contributed by atoms with van der Waals surface area (Å²) >= 11 is 0. The van der Waals surface area contributed by atoms with Gasteiger partial charge >= 0.3 is 0 Å². The van der Waals surface area contributed by atoms with Crippen molar-refractivity contribution in [2.24, 2.45) is 0 Å². The molecule has 0 fully saturated rings. The van der Waals surface area contributed by atoms with E-state index in [9.17, 15) is 8.78 Å². The third-order valence-corrected chi connectivity index (χ3v) is 2.14. The van der Waals surface area contributed by atoms with E-state index in [0.29, 0.717) is 0 Å². The van der Waals surface area contributed by atoms with E-state index in [-0.39, 0.29) is 17.1 Å². The van der Waals surface area contributed by atoms with Gasteiger partial charge in [-0.15, -0.1) is 0 Å². The molecule has 17 heavy (non-hydrogen) atoms. The first-order valence-corrected chi connectivity index (χ1v) is 4.83. The van der Waals surface area contributed by atoms with Gasteiger partial charge in [-0.05, 0) is 24.3 Å². The van der Waals surface area contributed by atoms with Crippen molar-refractivity contribution in [3.63, 3.8) is 0 Å². The SMILES string of the molecule is N#Cc1ccccc1Oc1cccc(F)c1F. The van der Waals surface area contributed by atoms with Gasteiger partial charge < -0.3 is 4.74 Å². The van der Waals surface area contributed by atoms with Crippen LogP contribution in [0.1, 0.15) is 5.56 Å². The molecule has 2 aromatic rings. The van der Waals surface area contributed by atoms with Crippen LogP contribution in [0, 0.1) is 23.0 Å². The normalized spacial score (nSPS) is 9.71. The van der Waals surface area contributed by atoms with E-state index in [1.807, 2.05) is 6.07 Å². The zero-order chi connectivity index (χ0) is 12.3. The van der Waals surface area contributed by atoms with Crippen molar-refractivity contribution in [3.05, 3.63) is 59.7 Å². The van der Waals surface area contributed by atoms with Gasteiger partial charge in [0.05, 0.1) is 5.56 Å². The van der Waals surface area contributed by atoms with E-state index < -0.39 is 11.6 Å². The first kappa shape index (κ1) is 11.1. The molecule has 4 heteroatoms. The van der Waals surface area contributed by atoms with E-state index in [0.717, 1.165) is 6.07 Å². The average molecular weight is 231 g/mol. The lowest BCUT2D eigenvalue weighted by Gasteiger charge is -2.07. The fraction of sp³-hybridized carbons (Fsp3) is 0. The molecular formula is C13H7F2NO. The maximum Gasteiger partial charge on any atom is 0.201 e. The average Bonchev–Trinajstić information content (AvgIpc) is 2.35. The molecule has 2 nitrogen and oxygen atoms in total. The molecule has 0 aliphatic heterocycles. The summed E-state index contributed by atoms with van der Waals surface area (Å²) in [4.78, 5) is 0. The number of nitrogens with zero attached hydrogens (tertiary/aromatic N) is 1. The van der Waals surface area contributed by atoms with Gasteiger partial charge in [0, 0.05) is 0 Å². The van der Waals surface area contributed by atoms with Crippen molar-refractivity contribution in [1.29, 1.82) is 5.26 Å². The monoisotopic (exact) mass is 231 g/mol. The molecule has 2 aromatic carbocycles. The predicted octanol–water partition coefficient (Wildman–Crippen LogP) is 3.63. The van der Waals surface area contributed by atoms with Crippen LogP contribution in [0.2, 0.25) is 0 Å². The Bertz CT molecular complexity index is 590. The number of hydrogen-bond acceptors (Lipinski definition) is 2. The molecular weight excluding hydrogens is 224 g/mol. The highest BCUT2D eigenvalue weighted by Gasteiger charge is 2.11. The second-order valence-electron chi connectivity index (χ2n) is 3.26. The molecule has 0 spiro atoms. The van der Waals surface area contributed by atoms with Crippen LogP contribution >= 0.6 is 0 Å². The minimum Gasteiger partial charge on any atom is -0.453 e. The summed E-state index contributed by atoms with van der Waals surface area (Å²) in [6.07, 6.45) is 0. The van der Waals surface area contributed by atoms with E-state index >= 15 is 0 Å². The van der Waals surface area contributed by atoms with E-state index in [2.05, 4.69) is 0 Å². The number of para-hydroxylation sites is 1. The number of benzene rings is 2. The summed E-state index contributed by atoms with van der Waals surface area (Å²) in [5.41, 5.74) is 0.260. The van der Waals surface area contributed by atoms with Crippen molar-refractivity contribution in [3.8, 4) is 17.6 Å². The molecule has 0 amide bonds. The molecule has 0 bridgehead atoms. The highest BCUT2D eigenvalue weighted by atomic mass is 19.2. The van der Waals surface area contributed by atoms with Gasteiger partial charge in [-0.25, -0.2) is 4.39 Å². The number of hydrogen-bond donors (Lipinski definition) is 0. The molecule has 0 aromatic heterocycles. The lowest BCUT2D eigenvalue weighted by Crippen LogP contribution is -1.93. The zero-order valence-corrected chi connectivity index (χ0v) is 8.65. The summed E-state index contributed by atoms with van der Waals surface area (Å²) in [7, 11) is 0. The van der Waals surface area contributed by atoms with Crippen LogP contribution in [0.3, 0.4) is 0 Å². The molecule has 2 rings (SSSR count). The third kappa shape index (κ3) is 2.23. The Morgan fingerprint density at radius 1 is 0.941 bits per heavy atom. The Hall–Kier alpha value is -2.41. The molecule has 0 aliphatic rings. The van der Waals surface area contributed by atoms with Gasteiger partial charge in [-0.1, -0.05) is 18.2 Å². The summed E-state index contributed by atoms with van der Waals surface area (Å²) in [5, 5.41) is 8.82. The first-order chi connectivity index (χ1) is 8.22. The zero-order valence-electron chi connectivity index (χ0n) is 8.65. The maximum atomic E-state index is 13.3. The van der Waals surface area contributed by atoms with Crippen LogP contribution in [0.15, 0.2) is 42.5 Å². The minimum absolute atomic E-state index is 0.194. The number of rotatable bonds is 2. The fourth-order valence-electron chi connectivity index (χ4n) is 1.33. The molecule has 0 unspecified atom stereocenters. The summed E-state index contributed by atoms with van der Waals surface area (Å²) < 4.78 is 31.5. The van der Waals surface area contributed by atoms with Gasteiger partial charge in [0.1, 0.15) is 11.8 Å². The van der Waals surface area contributed by atoms with Gasteiger partial charge in [-0.3, -0.25) is 0 Å². The van der Waals surface area contributed by atoms with Gasteiger partial charge in [0.15, 0.2) is 11.6 Å². The number of nitriles is 1. The molecule has 0 saturated carbocycles. The first-order valence-electron chi connectivity index (χ1n) is 4.83. The molecule has 0 N–H and O–H groups in total. The number of ether oxygens (including phenoxy) is 1. The minimum atomic E-state index is -1.07. The molecule has 0 aliphatic carbocycles. The van der Waals surface area contributed by atoms with E-state index in [4.69, 9.17) is 10.00 Å². The summed E-state index contributed by atoms with van der Waals surface area (Å²) in [6.45, 7) is 0. The van der Waals surface area contributed by atoms with Crippen LogP contribution in [0.4, 0.5) is 8.78 Å². The lowest BCUT2D eigenvalue weighted by molar-refractivity contribution is 0.415. The van der Waals surface area contributed by atoms with Gasteiger partial charge in [0.25, 0.3) is 0 Å². The second kappa shape index (κ2) is 4.62. The lowest BCUT2D eigenvalue weighted by atomic mass is 10.2. The van der Waals surface area contributed by atoms with Crippen LogP contribution in [0.5, 0.6) is 11.5 Å². The van der Waals surface area contributed by atoms with Crippen molar-refractivity contribution in [1.82, 2.24) is 0 Å². The van der Waals surface area contributed by atoms with Crippen LogP contribution in [-0.2, 0) is 0 Å². The molecule has 0 radical (unpaired) electrons. The van der Waals surface area contributed by atoms with Crippen LogP contribution in [0.25, 0.3) is 0 Å². The Balaban J connectivity index is 2.39. The molecule has 0 heterocycles. The standard InChI is InChI=1S/C13H7F2NO/c14-10-5-3-7-12(13(10)15)17-11-6-2-1-4-9(11)8-16/h1-7H. The molecule has 84 valence electrons. The predicted molar refractivity (Wildman–Crippen MR) is 57.6 cm³/mol. The van der Waals surface area contributed by atoms with Crippen molar-refractivity contribution in [2.45, 2.75) is 0 Å². The summed E-state index contributed by atoms with van der Waals surface area (Å²) in [6, 6.07) is 11.9. The third-order valence-electron chi connectivity index (χ3n) is 2.14. The topological polar surface area (TPSA) is 33.0 Å². The Morgan fingerprint density at radius 3 is 2.41 bits per heavy atom. The quantitative estimate of drug-likeness (QED) is 0.790. The Labute approximate surface area is 96.7 Å². The Kier molecular flexibility index (Phi) is 3.01. The van der Waals surface area contributed by atoms with Crippen molar-refractivity contribution in [2.75, 3.05) is 0 Å². The van der Waals surface area contributed by atoms with Crippen molar-refractivity contribution < 1.29 is 13.5 Å². The van der Waals surface area contributed by atoms with Crippen molar-refractivity contribution >= 4 is 0 Å². The van der Waals surface area contributed by atoms with Gasteiger partial charge in [-0.2, -0.15) is 9.65 Å². The highest BCUT2D eigenvalue weighted by Crippen LogP contribution is 2.27. The van der Waals surface area contributed by atoms with Crippen LogP contribution < -0.4 is 4.74 Å². The van der Waals surface area contributed by atoms with E-state index in [1.54, 1.807) is 12.1 Å². The van der Waals surface area contributed by atoms with Gasteiger partial charge in [0.2, 0.25) is 5.82 Å². The highest BCUT2D eigenvalue weighted by molar-refractivity contribution is 5.45. The molecule has 0 atom stereocenters. The summed E-state index contributed by atoms with van der Waals surface area (Å²) in [5.74, 6) is -2.11. The fourth-order valence-corrected chi connectivity index (χ4v) is 1.33.